The number of fused-ring (bicyclic) bond motifs is 1. The van der Waals surface area contributed by atoms with Crippen molar-refractivity contribution < 1.29 is 14.3 Å². The Bertz CT molecular complexity index is 1190. The highest BCUT2D eigenvalue weighted by molar-refractivity contribution is 6.00. The van der Waals surface area contributed by atoms with Crippen molar-refractivity contribution in [1.29, 1.82) is 0 Å². The molecule has 0 aliphatic carbocycles. The first-order chi connectivity index (χ1) is 16.5. The maximum atomic E-state index is 11.3. The van der Waals surface area contributed by atoms with Gasteiger partial charge in [-0.2, -0.15) is 0 Å². The third-order valence-electron chi connectivity index (χ3n) is 6.43. The van der Waals surface area contributed by atoms with E-state index in [9.17, 15) is 4.79 Å². The van der Waals surface area contributed by atoms with E-state index in [1.165, 1.54) is 0 Å². The molecule has 174 valence electrons. The molecule has 34 heavy (non-hydrogen) atoms. The summed E-state index contributed by atoms with van der Waals surface area (Å²) in [5.41, 5.74) is 5.58. The first kappa shape index (κ1) is 22.2. The Morgan fingerprint density at radius 3 is 2.65 bits per heavy atom. The van der Waals surface area contributed by atoms with Crippen molar-refractivity contribution in [1.82, 2.24) is 10.6 Å². The average Bonchev–Trinajstić information content (AvgIpc) is 3.48. The molecule has 2 aromatic carbocycles. The van der Waals surface area contributed by atoms with Crippen LogP contribution in [0.5, 0.6) is 0 Å². The maximum Gasteiger partial charge on any atom is 0.206 e. The Kier molecular flexibility index (Phi) is 6.12. The molecule has 0 aromatic heterocycles. The van der Waals surface area contributed by atoms with E-state index in [1.54, 1.807) is 13.0 Å². The van der Waals surface area contributed by atoms with E-state index in [-0.39, 0.29) is 11.9 Å². The van der Waals surface area contributed by atoms with Crippen LogP contribution in [0.2, 0.25) is 0 Å². The van der Waals surface area contributed by atoms with Crippen molar-refractivity contribution in [3.8, 4) is 0 Å². The van der Waals surface area contributed by atoms with Crippen LogP contribution in [-0.4, -0.2) is 30.8 Å². The zero-order valence-electron chi connectivity index (χ0n) is 19.6. The zero-order valence-corrected chi connectivity index (χ0v) is 19.6. The molecule has 0 bridgehead atoms. The third kappa shape index (κ3) is 4.44. The highest BCUT2D eigenvalue weighted by Gasteiger charge is 2.45. The van der Waals surface area contributed by atoms with Crippen molar-refractivity contribution in [3.63, 3.8) is 0 Å². The number of nitrogens with one attached hydrogen (secondary N) is 2. The minimum Gasteiger partial charge on any atom is -0.463 e. The molecule has 5 rings (SSSR count). The summed E-state index contributed by atoms with van der Waals surface area (Å²) in [5, 5.41) is 7.08. The lowest BCUT2D eigenvalue weighted by atomic mass is 9.88. The number of ether oxygens (including phenoxy) is 2. The standard InChI is InChI=1S/C29H30N2O3/c1-20(32)10-11-21-12-14-23(15-13-21)28-26(22-7-4-3-5-8-22)27-25(16-17-31-29(27,2)34-28)30-19-24-9-6-18-33-24/h3-5,7-8,10-17,24,30-31H,6,9,18-19H2,1-2H3/b11-10+. The van der Waals surface area contributed by atoms with E-state index in [1.807, 2.05) is 42.6 Å². The molecule has 3 aliphatic heterocycles. The second kappa shape index (κ2) is 9.35. The average molecular weight is 455 g/mol. The van der Waals surface area contributed by atoms with Crippen LogP contribution in [0.4, 0.5) is 0 Å². The molecular weight excluding hydrogens is 424 g/mol. The lowest BCUT2D eigenvalue weighted by Crippen LogP contribution is -2.44. The highest BCUT2D eigenvalue weighted by atomic mass is 16.5. The van der Waals surface area contributed by atoms with Gasteiger partial charge in [0.15, 0.2) is 5.78 Å². The van der Waals surface area contributed by atoms with Gasteiger partial charge in [-0.15, -0.1) is 0 Å². The molecule has 0 spiro atoms. The number of dihydropyridines is 1. The fraction of sp³-hybridized carbons (Fsp3) is 0.276. The molecule has 0 saturated carbocycles. The Balaban J connectivity index is 1.58. The van der Waals surface area contributed by atoms with Gasteiger partial charge >= 0.3 is 0 Å². The van der Waals surface area contributed by atoms with Crippen LogP contribution in [-0.2, 0) is 14.3 Å². The molecule has 3 aliphatic rings. The summed E-state index contributed by atoms with van der Waals surface area (Å²) in [4.78, 5) is 11.3. The number of hydrogen-bond acceptors (Lipinski definition) is 5. The van der Waals surface area contributed by atoms with Crippen molar-refractivity contribution in [2.75, 3.05) is 13.2 Å². The van der Waals surface area contributed by atoms with Gasteiger partial charge in [0, 0.05) is 36.2 Å². The largest absolute Gasteiger partial charge is 0.463 e. The molecule has 1 saturated heterocycles. The Labute approximate surface area is 200 Å². The van der Waals surface area contributed by atoms with Gasteiger partial charge in [0.25, 0.3) is 0 Å². The van der Waals surface area contributed by atoms with Crippen LogP contribution in [0.15, 0.2) is 84.2 Å². The van der Waals surface area contributed by atoms with Crippen molar-refractivity contribution in [2.24, 2.45) is 0 Å². The van der Waals surface area contributed by atoms with Gasteiger partial charge < -0.3 is 20.1 Å². The third-order valence-corrected chi connectivity index (χ3v) is 6.43. The minimum atomic E-state index is -0.693. The number of ketones is 1. The summed E-state index contributed by atoms with van der Waals surface area (Å²) < 4.78 is 12.5. The van der Waals surface area contributed by atoms with Crippen LogP contribution >= 0.6 is 0 Å². The van der Waals surface area contributed by atoms with Gasteiger partial charge in [-0.05, 0) is 50.0 Å². The summed E-state index contributed by atoms with van der Waals surface area (Å²) in [6.45, 7) is 5.23. The van der Waals surface area contributed by atoms with E-state index >= 15 is 0 Å². The predicted octanol–water partition coefficient (Wildman–Crippen LogP) is 5.04. The predicted molar refractivity (Wildman–Crippen MR) is 135 cm³/mol. The highest BCUT2D eigenvalue weighted by Crippen LogP contribution is 2.49. The summed E-state index contributed by atoms with van der Waals surface area (Å²) in [7, 11) is 0. The number of allylic oxidation sites excluding steroid dienone is 2. The molecule has 0 amide bonds. The van der Waals surface area contributed by atoms with Gasteiger partial charge in [-0.25, -0.2) is 0 Å². The first-order valence-corrected chi connectivity index (χ1v) is 11.9. The van der Waals surface area contributed by atoms with Gasteiger partial charge in [-0.1, -0.05) is 60.7 Å². The van der Waals surface area contributed by atoms with Crippen LogP contribution < -0.4 is 10.6 Å². The molecule has 0 radical (unpaired) electrons. The minimum absolute atomic E-state index is 0.0304. The number of rotatable bonds is 7. The summed E-state index contributed by atoms with van der Waals surface area (Å²) in [5.74, 6) is 0.862. The molecule has 3 heterocycles. The zero-order chi connectivity index (χ0) is 23.5. The number of hydrogen-bond donors (Lipinski definition) is 2. The van der Waals surface area contributed by atoms with Crippen LogP contribution in [0, 0.1) is 0 Å². The van der Waals surface area contributed by atoms with E-state index in [4.69, 9.17) is 9.47 Å². The summed E-state index contributed by atoms with van der Waals surface area (Å²) in [6.07, 6.45) is 9.88. The molecule has 5 nitrogen and oxygen atoms in total. The lowest BCUT2D eigenvalue weighted by Gasteiger charge is -2.32. The van der Waals surface area contributed by atoms with Crippen molar-refractivity contribution in [3.05, 3.63) is 101 Å². The number of benzene rings is 2. The van der Waals surface area contributed by atoms with Crippen molar-refractivity contribution in [2.45, 2.75) is 38.5 Å². The molecular formula is C29H30N2O3. The molecule has 2 atom stereocenters. The number of carbonyl (C=O) groups is 1. The fourth-order valence-corrected chi connectivity index (χ4v) is 4.74. The second-order valence-electron chi connectivity index (χ2n) is 9.05. The van der Waals surface area contributed by atoms with Crippen LogP contribution in [0.25, 0.3) is 17.4 Å². The van der Waals surface area contributed by atoms with Gasteiger partial charge in [0.2, 0.25) is 5.72 Å². The smallest absolute Gasteiger partial charge is 0.206 e. The van der Waals surface area contributed by atoms with Gasteiger partial charge in [0.1, 0.15) is 5.76 Å². The first-order valence-electron chi connectivity index (χ1n) is 11.9. The fourth-order valence-electron chi connectivity index (χ4n) is 4.74. The Morgan fingerprint density at radius 2 is 1.94 bits per heavy atom. The molecule has 2 unspecified atom stereocenters. The van der Waals surface area contributed by atoms with Crippen LogP contribution in [0.1, 0.15) is 43.4 Å². The lowest BCUT2D eigenvalue weighted by molar-refractivity contribution is -0.112. The summed E-state index contributed by atoms with van der Waals surface area (Å²) >= 11 is 0. The number of carbonyl (C=O) groups excluding carboxylic acids is 1. The van der Waals surface area contributed by atoms with E-state index in [0.29, 0.717) is 0 Å². The van der Waals surface area contributed by atoms with Gasteiger partial charge in [-0.3, -0.25) is 4.79 Å². The maximum absolute atomic E-state index is 11.3. The Hall–Kier alpha value is -3.57. The van der Waals surface area contributed by atoms with Crippen LogP contribution in [0.3, 0.4) is 0 Å². The van der Waals surface area contributed by atoms with E-state index < -0.39 is 5.72 Å². The quantitative estimate of drug-likeness (QED) is 0.574. The van der Waals surface area contributed by atoms with E-state index in [0.717, 1.165) is 65.3 Å². The molecule has 5 heteroatoms. The van der Waals surface area contributed by atoms with E-state index in [2.05, 4.69) is 47.9 Å². The van der Waals surface area contributed by atoms with Gasteiger partial charge in [0.05, 0.1) is 11.7 Å². The molecule has 1 fully saturated rings. The topological polar surface area (TPSA) is 59.6 Å². The normalized spacial score (nSPS) is 23.8. The monoisotopic (exact) mass is 454 g/mol. The molecule has 2 N–H and O–H groups in total. The summed E-state index contributed by atoms with van der Waals surface area (Å²) in [6, 6.07) is 18.5. The SMILES string of the molecule is CC(=O)/C=C/c1ccc(C2=C(c3ccccc3)C3=C(NCC4CCCO4)C=CNC3(C)O2)cc1. The Morgan fingerprint density at radius 1 is 1.15 bits per heavy atom. The molecule has 2 aromatic rings. The second-order valence-corrected chi connectivity index (χ2v) is 9.05. The van der Waals surface area contributed by atoms with Crippen molar-refractivity contribution >= 4 is 23.2 Å².